The lowest BCUT2D eigenvalue weighted by Gasteiger charge is -2.33. The monoisotopic (exact) mass is 440 g/mol. The molecule has 2 aliphatic rings. The predicted molar refractivity (Wildman–Crippen MR) is 126 cm³/mol. The van der Waals surface area contributed by atoms with Gasteiger partial charge in [-0.2, -0.15) is 0 Å². The molecular formula is C29H28O4. The number of esters is 2. The molecule has 3 aromatic rings. The van der Waals surface area contributed by atoms with E-state index < -0.39 is 12.2 Å². The third-order valence-electron chi connectivity index (χ3n) is 7.04. The van der Waals surface area contributed by atoms with Crippen LogP contribution in [-0.4, -0.2) is 24.1 Å². The zero-order chi connectivity index (χ0) is 22.6. The second kappa shape index (κ2) is 9.62. The molecule has 0 heterocycles. The second-order valence-corrected chi connectivity index (χ2v) is 9.04. The highest BCUT2D eigenvalue weighted by Gasteiger charge is 2.39. The Bertz CT molecular complexity index is 1110. The van der Waals surface area contributed by atoms with Crippen molar-refractivity contribution < 1.29 is 19.1 Å². The Hall–Kier alpha value is -3.40. The minimum absolute atomic E-state index is 0.367. The van der Waals surface area contributed by atoms with E-state index in [2.05, 4.69) is 24.3 Å². The van der Waals surface area contributed by atoms with Crippen LogP contribution in [0.15, 0.2) is 84.9 Å². The maximum absolute atomic E-state index is 12.9. The standard InChI is InChI=1S/C29H28O4/c30-28(20-9-3-1-4-10-20)32-26-17-15-23-19-22-13-7-8-14-24(22)25(23)16-18-27(26)33-29(31)21-11-5-2-6-12-21/h1-14,23,25-27H,15-19H2. The molecule has 0 aromatic heterocycles. The quantitative estimate of drug-likeness (QED) is 0.469. The maximum Gasteiger partial charge on any atom is 0.338 e. The first kappa shape index (κ1) is 21.4. The van der Waals surface area contributed by atoms with E-state index in [1.807, 2.05) is 36.4 Å². The Morgan fingerprint density at radius 3 is 1.73 bits per heavy atom. The zero-order valence-corrected chi connectivity index (χ0v) is 18.6. The fourth-order valence-electron chi connectivity index (χ4n) is 5.38. The van der Waals surface area contributed by atoms with Gasteiger partial charge in [-0.3, -0.25) is 0 Å². The molecule has 3 aromatic carbocycles. The molecule has 33 heavy (non-hydrogen) atoms. The van der Waals surface area contributed by atoms with Crippen LogP contribution in [-0.2, 0) is 15.9 Å². The summed E-state index contributed by atoms with van der Waals surface area (Å²) < 4.78 is 12.0. The van der Waals surface area contributed by atoms with E-state index >= 15 is 0 Å². The first-order valence-electron chi connectivity index (χ1n) is 11.8. The third kappa shape index (κ3) is 4.70. The highest BCUT2D eigenvalue weighted by Crippen LogP contribution is 2.45. The molecule has 4 nitrogen and oxygen atoms in total. The van der Waals surface area contributed by atoms with Crippen molar-refractivity contribution in [2.75, 3.05) is 0 Å². The van der Waals surface area contributed by atoms with E-state index in [0.717, 1.165) is 19.3 Å². The normalized spacial score (nSPS) is 24.0. The van der Waals surface area contributed by atoms with E-state index in [0.29, 0.717) is 35.8 Å². The van der Waals surface area contributed by atoms with Crippen molar-refractivity contribution in [1.82, 2.24) is 0 Å². The molecule has 4 heteroatoms. The Labute approximate surface area is 194 Å². The predicted octanol–water partition coefficient (Wildman–Crippen LogP) is 5.97. The van der Waals surface area contributed by atoms with Crippen LogP contribution in [0.5, 0.6) is 0 Å². The zero-order valence-electron chi connectivity index (χ0n) is 18.6. The van der Waals surface area contributed by atoms with Crippen molar-refractivity contribution in [3.63, 3.8) is 0 Å². The van der Waals surface area contributed by atoms with E-state index in [9.17, 15) is 9.59 Å². The van der Waals surface area contributed by atoms with Crippen molar-refractivity contribution >= 4 is 11.9 Å². The van der Waals surface area contributed by atoms with Crippen molar-refractivity contribution in [2.45, 2.75) is 50.2 Å². The number of carbonyl (C=O) groups excluding carboxylic acids is 2. The van der Waals surface area contributed by atoms with Gasteiger partial charge < -0.3 is 9.47 Å². The molecule has 0 bridgehead atoms. The number of rotatable bonds is 4. The third-order valence-corrected chi connectivity index (χ3v) is 7.04. The highest BCUT2D eigenvalue weighted by atomic mass is 16.6. The second-order valence-electron chi connectivity index (χ2n) is 9.04. The van der Waals surface area contributed by atoms with Gasteiger partial charge in [-0.1, -0.05) is 60.7 Å². The molecule has 2 aliphatic carbocycles. The maximum atomic E-state index is 12.9. The van der Waals surface area contributed by atoms with E-state index in [-0.39, 0.29) is 11.9 Å². The average Bonchev–Trinajstić information content (AvgIpc) is 3.21. The van der Waals surface area contributed by atoms with Gasteiger partial charge in [-0.05, 0) is 79.3 Å². The van der Waals surface area contributed by atoms with Crippen molar-refractivity contribution in [2.24, 2.45) is 5.92 Å². The van der Waals surface area contributed by atoms with Gasteiger partial charge in [-0.15, -0.1) is 0 Å². The largest absolute Gasteiger partial charge is 0.455 e. The summed E-state index contributed by atoms with van der Waals surface area (Å²) in [4.78, 5) is 25.7. The first-order chi connectivity index (χ1) is 16.2. The number of ether oxygens (including phenoxy) is 2. The lowest BCUT2D eigenvalue weighted by Crippen LogP contribution is -2.37. The van der Waals surface area contributed by atoms with Crippen LogP contribution < -0.4 is 0 Å². The van der Waals surface area contributed by atoms with Gasteiger partial charge in [0.25, 0.3) is 0 Å². The first-order valence-corrected chi connectivity index (χ1v) is 11.8. The van der Waals surface area contributed by atoms with Crippen LogP contribution in [0, 0.1) is 5.92 Å². The minimum Gasteiger partial charge on any atom is -0.455 e. The average molecular weight is 441 g/mol. The van der Waals surface area contributed by atoms with Crippen LogP contribution in [0.2, 0.25) is 0 Å². The number of carbonyl (C=O) groups is 2. The Morgan fingerprint density at radius 2 is 1.12 bits per heavy atom. The van der Waals surface area contributed by atoms with E-state index in [4.69, 9.17) is 9.47 Å². The highest BCUT2D eigenvalue weighted by molar-refractivity contribution is 5.90. The van der Waals surface area contributed by atoms with Crippen LogP contribution in [0.1, 0.15) is 63.4 Å². The lowest BCUT2D eigenvalue weighted by atomic mass is 9.80. The molecule has 4 unspecified atom stereocenters. The SMILES string of the molecule is O=C(OC1CCC2Cc3ccccc3C2CCC1OC(=O)c1ccccc1)c1ccccc1. The van der Waals surface area contributed by atoms with Crippen molar-refractivity contribution in [1.29, 1.82) is 0 Å². The molecule has 0 aliphatic heterocycles. The smallest absolute Gasteiger partial charge is 0.338 e. The number of hydrogen-bond acceptors (Lipinski definition) is 4. The molecule has 0 radical (unpaired) electrons. The summed E-state index contributed by atoms with van der Waals surface area (Å²) in [6, 6.07) is 26.7. The van der Waals surface area contributed by atoms with Crippen molar-refractivity contribution in [3.05, 3.63) is 107 Å². The van der Waals surface area contributed by atoms with Gasteiger partial charge >= 0.3 is 11.9 Å². The van der Waals surface area contributed by atoms with E-state index in [1.165, 1.54) is 11.1 Å². The molecule has 0 N–H and O–H groups in total. The summed E-state index contributed by atoms with van der Waals surface area (Å²) in [7, 11) is 0. The number of fused-ring (bicyclic) bond motifs is 3. The number of hydrogen-bond donors (Lipinski definition) is 0. The Balaban J connectivity index is 1.37. The van der Waals surface area contributed by atoms with Gasteiger partial charge in [0, 0.05) is 0 Å². The molecular weight excluding hydrogens is 412 g/mol. The summed E-state index contributed by atoms with van der Waals surface area (Å²) in [6.45, 7) is 0. The van der Waals surface area contributed by atoms with Crippen LogP contribution in [0.3, 0.4) is 0 Å². The summed E-state index contributed by atoms with van der Waals surface area (Å²) in [5, 5.41) is 0. The Kier molecular flexibility index (Phi) is 6.25. The van der Waals surface area contributed by atoms with Crippen LogP contribution in [0.4, 0.5) is 0 Å². The summed E-state index contributed by atoms with van der Waals surface area (Å²) >= 11 is 0. The summed E-state index contributed by atoms with van der Waals surface area (Å²) in [5.41, 5.74) is 3.87. The summed E-state index contributed by atoms with van der Waals surface area (Å²) in [6.07, 6.45) is 3.32. The summed E-state index contributed by atoms with van der Waals surface area (Å²) in [5.74, 6) is 0.259. The molecule has 0 spiro atoms. The van der Waals surface area contributed by atoms with E-state index in [1.54, 1.807) is 24.3 Å². The van der Waals surface area contributed by atoms with Crippen LogP contribution in [0.25, 0.3) is 0 Å². The molecule has 5 rings (SSSR count). The molecule has 168 valence electrons. The van der Waals surface area contributed by atoms with Gasteiger partial charge in [0.2, 0.25) is 0 Å². The Morgan fingerprint density at radius 1 is 0.606 bits per heavy atom. The van der Waals surface area contributed by atoms with Crippen molar-refractivity contribution in [3.8, 4) is 0 Å². The fraction of sp³-hybridized carbons (Fsp3) is 0.310. The van der Waals surface area contributed by atoms with Gasteiger partial charge in [0.15, 0.2) is 0 Å². The van der Waals surface area contributed by atoms with Crippen LogP contribution >= 0.6 is 0 Å². The molecule has 1 saturated carbocycles. The fourth-order valence-corrected chi connectivity index (χ4v) is 5.38. The molecule has 0 saturated heterocycles. The lowest BCUT2D eigenvalue weighted by molar-refractivity contribution is -0.0477. The van der Waals surface area contributed by atoms with Gasteiger partial charge in [0.05, 0.1) is 11.1 Å². The topological polar surface area (TPSA) is 52.6 Å². The molecule has 4 atom stereocenters. The number of benzene rings is 3. The molecule has 0 amide bonds. The van der Waals surface area contributed by atoms with Gasteiger partial charge in [0.1, 0.15) is 12.2 Å². The van der Waals surface area contributed by atoms with Gasteiger partial charge in [-0.25, -0.2) is 9.59 Å². The minimum atomic E-state index is -0.473. The molecule has 1 fully saturated rings.